The largest absolute Gasteiger partial charge is 0.351 e. The van der Waals surface area contributed by atoms with Crippen molar-refractivity contribution in [2.24, 2.45) is 5.92 Å². The van der Waals surface area contributed by atoms with Gasteiger partial charge in [0.2, 0.25) is 5.91 Å². The first kappa shape index (κ1) is 17.9. The van der Waals surface area contributed by atoms with E-state index in [1.165, 1.54) is 12.1 Å². The van der Waals surface area contributed by atoms with Crippen molar-refractivity contribution in [3.63, 3.8) is 0 Å². The van der Waals surface area contributed by atoms with E-state index in [1.807, 2.05) is 35.2 Å². The number of para-hydroxylation sites is 1. The molecule has 29 heavy (non-hydrogen) atoms. The number of nitrogens with one attached hydrogen (secondary N) is 1. The van der Waals surface area contributed by atoms with Crippen LogP contribution in [0.4, 0.5) is 4.39 Å². The van der Waals surface area contributed by atoms with Gasteiger partial charge in [0, 0.05) is 43.0 Å². The first-order valence-electron chi connectivity index (χ1n) is 10.0. The molecule has 2 atom stereocenters. The van der Waals surface area contributed by atoms with Gasteiger partial charge in [-0.15, -0.1) is 0 Å². The van der Waals surface area contributed by atoms with Gasteiger partial charge >= 0.3 is 0 Å². The number of piperazine rings is 1. The molecule has 1 saturated carbocycles. The van der Waals surface area contributed by atoms with Crippen molar-refractivity contribution in [2.45, 2.75) is 12.3 Å². The summed E-state index contributed by atoms with van der Waals surface area (Å²) in [6, 6.07) is 16.1. The van der Waals surface area contributed by atoms with Crippen LogP contribution in [-0.2, 0) is 4.79 Å². The summed E-state index contributed by atoms with van der Waals surface area (Å²) in [6.07, 6.45) is 0.818. The molecule has 1 aromatic heterocycles. The molecule has 148 valence electrons. The van der Waals surface area contributed by atoms with E-state index in [1.54, 1.807) is 17.0 Å². The molecule has 1 N–H and O–H groups in total. The Hall–Kier alpha value is -3.15. The standard InChI is InChI=1S/C23H22FN3O2/c24-17-7-5-15(6-8-17)18-14-19(18)22(28)26-9-11-27(12-10-26)23(29)21-13-16-3-1-2-4-20(16)25-21/h1-8,13,18-19,25H,9-12,14H2/t18-,19-/m0/s1. The Morgan fingerprint density at radius 1 is 0.931 bits per heavy atom. The number of carbonyl (C=O) groups is 2. The average molecular weight is 391 g/mol. The summed E-state index contributed by atoms with van der Waals surface area (Å²) in [5.41, 5.74) is 2.56. The van der Waals surface area contributed by atoms with Crippen LogP contribution < -0.4 is 0 Å². The van der Waals surface area contributed by atoms with Crippen molar-refractivity contribution in [1.82, 2.24) is 14.8 Å². The fourth-order valence-electron chi connectivity index (χ4n) is 4.27. The van der Waals surface area contributed by atoms with E-state index >= 15 is 0 Å². The van der Waals surface area contributed by atoms with Gasteiger partial charge in [0.1, 0.15) is 11.5 Å². The van der Waals surface area contributed by atoms with Crippen LogP contribution in [0.2, 0.25) is 0 Å². The number of amides is 2. The van der Waals surface area contributed by atoms with E-state index in [9.17, 15) is 14.0 Å². The number of fused-ring (bicyclic) bond motifs is 1. The maximum atomic E-state index is 13.1. The van der Waals surface area contributed by atoms with Gasteiger partial charge in [-0.2, -0.15) is 0 Å². The molecule has 3 aromatic rings. The first-order chi connectivity index (χ1) is 14.1. The third-order valence-electron chi connectivity index (χ3n) is 6.04. The molecular weight excluding hydrogens is 369 g/mol. The van der Waals surface area contributed by atoms with E-state index in [0.29, 0.717) is 31.9 Å². The molecule has 0 unspecified atom stereocenters. The molecule has 2 aliphatic rings. The number of nitrogens with zero attached hydrogens (tertiary/aromatic N) is 2. The van der Waals surface area contributed by atoms with Gasteiger partial charge < -0.3 is 14.8 Å². The monoisotopic (exact) mass is 391 g/mol. The van der Waals surface area contributed by atoms with Crippen molar-refractivity contribution in [2.75, 3.05) is 26.2 Å². The van der Waals surface area contributed by atoms with Gasteiger partial charge in [0.05, 0.1) is 0 Å². The van der Waals surface area contributed by atoms with Crippen LogP contribution in [0.1, 0.15) is 28.4 Å². The predicted molar refractivity (Wildman–Crippen MR) is 108 cm³/mol. The second kappa shape index (κ2) is 7.03. The number of carbonyl (C=O) groups excluding carboxylic acids is 2. The molecule has 6 heteroatoms. The second-order valence-corrected chi connectivity index (χ2v) is 7.89. The molecule has 2 amide bonds. The van der Waals surface area contributed by atoms with E-state index in [-0.39, 0.29) is 29.5 Å². The van der Waals surface area contributed by atoms with Crippen LogP contribution in [0.25, 0.3) is 10.9 Å². The molecule has 2 fully saturated rings. The lowest BCUT2D eigenvalue weighted by Crippen LogP contribution is -2.51. The van der Waals surface area contributed by atoms with Gasteiger partial charge in [0.25, 0.3) is 5.91 Å². The summed E-state index contributed by atoms with van der Waals surface area (Å²) < 4.78 is 13.1. The summed E-state index contributed by atoms with van der Waals surface area (Å²) in [4.78, 5) is 32.5. The van der Waals surface area contributed by atoms with Gasteiger partial charge in [-0.1, -0.05) is 30.3 Å². The summed E-state index contributed by atoms with van der Waals surface area (Å²) >= 11 is 0. The molecule has 0 spiro atoms. The SMILES string of the molecule is O=C(c1cc2ccccc2[nH]1)N1CCN(C(=O)[C@H]2C[C@H]2c2ccc(F)cc2)CC1. The Morgan fingerprint density at radius 2 is 1.62 bits per heavy atom. The van der Waals surface area contributed by atoms with Crippen LogP contribution >= 0.6 is 0 Å². The highest BCUT2D eigenvalue weighted by Gasteiger charge is 2.46. The minimum Gasteiger partial charge on any atom is -0.351 e. The molecule has 2 aromatic carbocycles. The first-order valence-corrected chi connectivity index (χ1v) is 10.0. The number of benzene rings is 2. The maximum absolute atomic E-state index is 13.1. The fraction of sp³-hybridized carbons (Fsp3) is 0.304. The molecule has 2 heterocycles. The highest BCUT2D eigenvalue weighted by atomic mass is 19.1. The van der Waals surface area contributed by atoms with Crippen LogP contribution in [0.5, 0.6) is 0 Å². The Bertz CT molecular complexity index is 1030. The number of rotatable bonds is 3. The smallest absolute Gasteiger partial charge is 0.270 e. The van der Waals surface area contributed by atoms with E-state index in [0.717, 1.165) is 22.9 Å². The number of hydrogen-bond donors (Lipinski definition) is 1. The normalized spacial score (nSPS) is 21.4. The van der Waals surface area contributed by atoms with Crippen LogP contribution in [0.3, 0.4) is 0 Å². The summed E-state index contributed by atoms with van der Waals surface area (Å²) in [5.74, 6) is 0.0412. The molecule has 5 nitrogen and oxygen atoms in total. The van der Waals surface area contributed by atoms with Crippen molar-refractivity contribution >= 4 is 22.7 Å². The molecule has 0 radical (unpaired) electrons. The molecule has 1 aliphatic carbocycles. The number of aromatic amines is 1. The Balaban J connectivity index is 1.19. The third-order valence-corrected chi connectivity index (χ3v) is 6.04. The number of hydrogen-bond acceptors (Lipinski definition) is 2. The molecule has 0 bridgehead atoms. The van der Waals surface area contributed by atoms with Crippen LogP contribution in [0.15, 0.2) is 54.6 Å². The van der Waals surface area contributed by atoms with Gasteiger partial charge in [-0.05, 0) is 42.2 Å². The Kier molecular flexibility index (Phi) is 4.34. The topological polar surface area (TPSA) is 56.4 Å². The van der Waals surface area contributed by atoms with Crippen LogP contribution in [0, 0.1) is 11.7 Å². The quantitative estimate of drug-likeness (QED) is 0.744. The Morgan fingerprint density at radius 3 is 2.34 bits per heavy atom. The van der Waals surface area contributed by atoms with Crippen molar-refractivity contribution < 1.29 is 14.0 Å². The maximum Gasteiger partial charge on any atom is 0.270 e. The minimum atomic E-state index is -0.256. The van der Waals surface area contributed by atoms with Crippen LogP contribution in [-0.4, -0.2) is 52.8 Å². The zero-order valence-electron chi connectivity index (χ0n) is 16.0. The minimum absolute atomic E-state index is 0.0172. The highest BCUT2D eigenvalue weighted by molar-refractivity contribution is 5.98. The lowest BCUT2D eigenvalue weighted by Gasteiger charge is -2.34. The summed E-state index contributed by atoms with van der Waals surface area (Å²) in [7, 11) is 0. The molecule has 5 rings (SSSR count). The van der Waals surface area contributed by atoms with Crippen molar-refractivity contribution in [3.05, 3.63) is 71.7 Å². The van der Waals surface area contributed by atoms with Crippen molar-refractivity contribution in [3.8, 4) is 0 Å². The number of aromatic nitrogens is 1. The summed E-state index contributed by atoms with van der Waals surface area (Å²) in [6.45, 7) is 2.18. The second-order valence-electron chi connectivity index (χ2n) is 7.89. The summed E-state index contributed by atoms with van der Waals surface area (Å²) in [5, 5.41) is 1.02. The number of H-pyrrole nitrogens is 1. The van der Waals surface area contributed by atoms with E-state index in [2.05, 4.69) is 4.98 Å². The lowest BCUT2D eigenvalue weighted by atomic mass is 10.1. The molecular formula is C23H22FN3O2. The zero-order chi connectivity index (χ0) is 20.0. The Labute approximate surface area is 168 Å². The highest BCUT2D eigenvalue weighted by Crippen LogP contribution is 2.48. The number of halogens is 1. The van der Waals surface area contributed by atoms with E-state index in [4.69, 9.17) is 0 Å². The van der Waals surface area contributed by atoms with Crippen molar-refractivity contribution in [1.29, 1.82) is 0 Å². The van der Waals surface area contributed by atoms with E-state index < -0.39 is 0 Å². The van der Waals surface area contributed by atoms with Gasteiger partial charge in [-0.3, -0.25) is 9.59 Å². The van der Waals surface area contributed by atoms with Gasteiger partial charge in [-0.25, -0.2) is 4.39 Å². The predicted octanol–water partition coefficient (Wildman–Crippen LogP) is 3.40. The molecule has 1 aliphatic heterocycles. The molecule has 1 saturated heterocycles. The van der Waals surface area contributed by atoms with Gasteiger partial charge in [0.15, 0.2) is 0 Å². The average Bonchev–Trinajstić information content (AvgIpc) is 3.43. The fourth-order valence-corrected chi connectivity index (χ4v) is 4.27. The zero-order valence-corrected chi connectivity index (χ0v) is 16.0. The lowest BCUT2D eigenvalue weighted by molar-refractivity contribution is -0.134. The third kappa shape index (κ3) is 3.39.